The highest BCUT2D eigenvalue weighted by atomic mass is 14.7. The van der Waals surface area contributed by atoms with Crippen molar-refractivity contribution in [3.05, 3.63) is 0 Å². The predicted molar refractivity (Wildman–Crippen MR) is 67.8 cm³/mol. The first kappa shape index (κ1) is 13.0. The van der Waals surface area contributed by atoms with Crippen LogP contribution < -0.4 is 5.73 Å². The van der Waals surface area contributed by atoms with Crippen LogP contribution in [0.15, 0.2) is 0 Å². The van der Waals surface area contributed by atoms with Crippen molar-refractivity contribution in [3.63, 3.8) is 0 Å². The van der Waals surface area contributed by atoms with Gasteiger partial charge in [0, 0.05) is 6.04 Å². The van der Waals surface area contributed by atoms with Gasteiger partial charge in [0.25, 0.3) is 0 Å². The first-order valence-electron chi connectivity index (χ1n) is 6.48. The zero-order valence-electron chi connectivity index (χ0n) is 11.3. The van der Waals surface area contributed by atoms with Crippen molar-refractivity contribution in [2.75, 3.05) is 0 Å². The van der Waals surface area contributed by atoms with Crippen molar-refractivity contribution in [1.82, 2.24) is 0 Å². The van der Waals surface area contributed by atoms with Gasteiger partial charge < -0.3 is 5.73 Å². The van der Waals surface area contributed by atoms with Gasteiger partial charge in [-0.1, -0.05) is 41.0 Å². The fourth-order valence-electron chi connectivity index (χ4n) is 2.95. The van der Waals surface area contributed by atoms with Gasteiger partial charge in [-0.15, -0.1) is 0 Å². The number of rotatable bonds is 3. The fraction of sp³-hybridized carbons (Fsp3) is 1.00. The minimum absolute atomic E-state index is 0.418. The summed E-state index contributed by atoms with van der Waals surface area (Å²) in [4.78, 5) is 0. The minimum Gasteiger partial charge on any atom is -0.327 e. The Morgan fingerprint density at radius 3 is 2.33 bits per heavy atom. The molecule has 2 unspecified atom stereocenters. The average molecular weight is 211 g/mol. The summed E-state index contributed by atoms with van der Waals surface area (Å²) in [5.41, 5.74) is 7.28. The van der Waals surface area contributed by atoms with Gasteiger partial charge in [-0.3, -0.25) is 0 Å². The molecular weight excluding hydrogens is 182 g/mol. The number of hydrogen-bond acceptors (Lipinski definition) is 1. The molecule has 1 heteroatoms. The Morgan fingerprint density at radius 2 is 1.93 bits per heavy atom. The van der Waals surface area contributed by atoms with E-state index >= 15 is 0 Å². The topological polar surface area (TPSA) is 26.0 Å². The van der Waals surface area contributed by atoms with Crippen molar-refractivity contribution in [3.8, 4) is 0 Å². The molecule has 2 atom stereocenters. The lowest BCUT2D eigenvalue weighted by Gasteiger charge is -2.33. The molecule has 0 aromatic carbocycles. The summed E-state index contributed by atoms with van der Waals surface area (Å²) >= 11 is 0. The molecule has 1 aliphatic carbocycles. The van der Waals surface area contributed by atoms with Crippen LogP contribution in [0, 0.1) is 16.7 Å². The SMILES string of the molecule is CC(C)(C)CCC(N)C1CCCC1(C)C. The largest absolute Gasteiger partial charge is 0.327 e. The molecule has 0 radical (unpaired) electrons. The lowest BCUT2D eigenvalue weighted by atomic mass is 9.75. The van der Waals surface area contributed by atoms with Crippen LogP contribution in [-0.4, -0.2) is 6.04 Å². The summed E-state index contributed by atoms with van der Waals surface area (Å²) in [7, 11) is 0. The molecule has 0 saturated heterocycles. The number of hydrogen-bond donors (Lipinski definition) is 1. The maximum Gasteiger partial charge on any atom is 0.00724 e. The van der Waals surface area contributed by atoms with E-state index in [1.807, 2.05) is 0 Å². The molecule has 15 heavy (non-hydrogen) atoms. The summed E-state index contributed by atoms with van der Waals surface area (Å²) in [5, 5.41) is 0. The van der Waals surface area contributed by atoms with Crippen molar-refractivity contribution < 1.29 is 0 Å². The Balaban J connectivity index is 2.43. The van der Waals surface area contributed by atoms with E-state index in [-0.39, 0.29) is 0 Å². The molecule has 2 N–H and O–H groups in total. The van der Waals surface area contributed by atoms with E-state index in [2.05, 4.69) is 34.6 Å². The van der Waals surface area contributed by atoms with Crippen molar-refractivity contribution in [2.45, 2.75) is 72.8 Å². The quantitative estimate of drug-likeness (QED) is 0.751. The van der Waals surface area contributed by atoms with Gasteiger partial charge >= 0.3 is 0 Å². The van der Waals surface area contributed by atoms with Gasteiger partial charge in [0.1, 0.15) is 0 Å². The third-order valence-corrected chi connectivity index (χ3v) is 4.08. The maximum absolute atomic E-state index is 6.36. The Kier molecular flexibility index (Phi) is 3.86. The van der Waals surface area contributed by atoms with Gasteiger partial charge in [0.05, 0.1) is 0 Å². The van der Waals surface area contributed by atoms with Crippen LogP contribution in [0.4, 0.5) is 0 Å². The van der Waals surface area contributed by atoms with E-state index in [0.29, 0.717) is 16.9 Å². The first-order valence-corrected chi connectivity index (χ1v) is 6.48. The highest BCUT2D eigenvalue weighted by Crippen LogP contribution is 2.45. The second-order valence-electron chi connectivity index (χ2n) is 7.25. The zero-order chi connectivity index (χ0) is 11.7. The second kappa shape index (κ2) is 4.45. The summed E-state index contributed by atoms with van der Waals surface area (Å²) < 4.78 is 0. The van der Waals surface area contributed by atoms with Crippen molar-refractivity contribution in [1.29, 1.82) is 0 Å². The molecule has 1 fully saturated rings. The molecule has 0 aromatic rings. The molecule has 0 heterocycles. The standard InChI is InChI=1S/C14H29N/c1-13(2,3)10-8-12(15)11-7-6-9-14(11,4)5/h11-12H,6-10,15H2,1-5H3. The van der Waals surface area contributed by atoms with Crippen LogP contribution in [0.5, 0.6) is 0 Å². The van der Waals surface area contributed by atoms with Gasteiger partial charge in [0.15, 0.2) is 0 Å². The van der Waals surface area contributed by atoms with Crippen molar-refractivity contribution >= 4 is 0 Å². The molecule has 0 aromatic heterocycles. The van der Waals surface area contributed by atoms with E-state index in [4.69, 9.17) is 5.73 Å². The van der Waals surface area contributed by atoms with E-state index in [9.17, 15) is 0 Å². The van der Waals surface area contributed by atoms with E-state index in [1.165, 1.54) is 32.1 Å². The van der Waals surface area contributed by atoms with Crippen LogP contribution in [-0.2, 0) is 0 Å². The molecule has 0 aliphatic heterocycles. The van der Waals surface area contributed by atoms with E-state index in [1.54, 1.807) is 0 Å². The monoisotopic (exact) mass is 211 g/mol. The third-order valence-electron chi connectivity index (χ3n) is 4.08. The van der Waals surface area contributed by atoms with Crippen LogP contribution in [0.25, 0.3) is 0 Å². The summed E-state index contributed by atoms with van der Waals surface area (Å²) in [5.74, 6) is 0.750. The maximum atomic E-state index is 6.36. The van der Waals surface area contributed by atoms with Gasteiger partial charge in [-0.2, -0.15) is 0 Å². The van der Waals surface area contributed by atoms with Gasteiger partial charge in [0.2, 0.25) is 0 Å². The molecule has 1 rings (SSSR count). The lowest BCUT2D eigenvalue weighted by molar-refractivity contribution is 0.200. The normalized spacial score (nSPS) is 28.0. The summed E-state index contributed by atoms with van der Waals surface area (Å²) in [6.07, 6.45) is 6.53. The molecular formula is C14H29N. The predicted octanol–water partition coefficient (Wildman–Crippen LogP) is 3.97. The molecule has 90 valence electrons. The van der Waals surface area contributed by atoms with Gasteiger partial charge in [-0.05, 0) is 42.4 Å². The van der Waals surface area contributed by atoms with Crippen molar-refractivity contribution in [2.24, 2.45) is 22.5 Å². The lowest BCUT2D eigenvalue weighted by Crippen LogP contribution is -2.37. The van der Waals surface area contributed by atoms with E-state index in [0.717, 1.165) is 5.92 Å². The van der Waals surface area contributed by atoms with Crippen LogP contribution in [0.3, 0.4) is 0 Å². The van der Waals surface area contributed by atoms with Gasteiger partial charge in [-0.25, -0.2) is 0 Å². The summed E-state index contributed by atoms with van der Waals surface area (Å²) in [6, 6.07) is 0.418. The van der Waals surface area contributed by atoms with Crippen LogP contribution in [0.1, 0.15) is 66.7 Å². The smallest absolute Gasteiger partial charge is 0.00724 e. The fourth-order valence-corrected chi connectivity index (χ4v) is 2.95. The molecule has 0 spiro atoms. The first-order chi connectivity index (χ1) is 6.72. The highest BCUT2D eigenvalue weighted by Gasteiger charge is 2.38. The van der Waals surface area contributed by atoms with E-state index < -0.39 is 0 Å². The second-order valence-corrected chi connectivity index (χ2v) is 7.25. The average Bonchev–Trinajstić information content (AvgIpc) is 2.40. The Bertz CT molecular complexity index is 200. The zero-order valence-corrected chi connectivity index (χ0v) is 11.3. The molecule has 1 nitrogen and oxygen atoms in total. The van der Waals surface area contributed by atoms with Crippen LogP contribution in [0.2, 0.25) is 0 Å². The van der Waals surface area contributed by atoms with Crippen LogP contribution >= 0.6 is 0 Å². The Hall–Kier alpha value is -0.0400. The minimum atomic E-state index is 0.418. The molecule has 1 aliphatic rings. The Morgan fingerprint density at radius 1 is 1.33 bits per heavy atom. The number of nitrogens with two attached hydrogens (primary N) is 1. The Labute approximate surface area is 95.8 Å². The third kappa shape index (κ3) is 3.79. The molecule has 0 amide bonds. The molecule has 0 bridgehead atoms. The summed E-state index contributed by atoms with van der Waals surface area (Å²) in [6.45, 7) is 11.7. The highest BCUT2D eigenvalue weighted by molar-refractivity contribution is 4.91. The molecule has 1 saturated carbocycles.